The van der Waals surface area contributed by atoms with Crippen LogP contribution in [0.15, 0.2) is 4.99 Å². The third-order valence-corrected chi connectivity index (χ3v) is 6.76. The van der Waals surface area contributed by atoms with Gasteiger partial charge >= 0.3 is 0 Å². The Morgan fingerprint density at radius 2 is 1.86 bits per heavy atom. The van der Waals surface area contributed by atoms with Gasteiger partial charge in [-0.05, 0) is 32.1 Å². The zero-order valence-electron chi connectivity index (χ0n) is 17.1. The van der Waals surface area contributed by atoms with Gasteiger partial charge in [0.2, 0.25) is 5.91 Å². The molecule has 3 atom stereocenters. The SMILES string of the molecule is CN=C(NCCN1CCN(C(=O)C2CCCC2)CC1)NC1CC2CCC1O2.I. The van der Waals surface area contributed by atoms with Crippen molar-refractivity contribution in [2.45, 2.75) is 63.2 Å². The quantitative estimate of drug-likeness (QED) is 0.336. The van der Waals surface area contributed by atoms with Gasteiger partial charge in [-0.25, -0.2) is 0 Å². The highest BCUT2D eigenvalue weighted by molar-refractivity contribution is 14.0. The molecular formula is C20H36IN5O2. The molecule has 0 radical (unpaired) electrons. The molecule has 7 nitrogen and oxygen atoms in total. The van der Waals surface area contributed by atoms with Gasteiger partial charge in [-0.1, -0.05) is 12.8 Å². The summed E-state index contributed by atoms with van der Waals surface area (Å²) in [5.74, 6) is 1.59. The van der Waals surface area contributed by atoms with Crippen LogP contribution < -0.4 is 10.6 Å². The number of nitrogens with zero attached hydrogens (tertiary/aromatic N) is 3. The number of hydrogen-bond acceptors (Lipinski definition) is 4. The molecule has 0 aromatic heterocycles. The fraction of sp³-hybridized carbons (Fsp3) is 0.900. The highest BCUT2D eigenvalue weighted by Crippen LogP contribution is 2.34. The molecule has 0 aromatic rings. The van der Waals surface area contributed by atoms with Gasteiger partial charge in [0.25, 0.3) is 0 Å². The number of guanidine groups is 1. The Kier molecular flexibility index (Phi) is 8.22. The predicted molar refractivity (Wildman–Crippen MR) is 121 cm³/mol. The van der Waals surface area contributed by atoms with E-state index in [1.54, 1.807) is 0 Å². The molecule has 1 saturated carbocycles. The molecule has 3 saturated heterocycles. The maximum absolute atomic E-state index is 12.5. The smallest absolute Gasteiger partial charge is 0.225 e. The van der Waals surface area contributed by atoms with Crippen LogP contribution in [-0.4, -0.2) is 86.2 Å². The van der Waals surface area contributed by atoms with E-state index in [1.807, 2.05) is 7.05 Å². The lowest BCUT2D eigenvalue weighted by molar-refractivity contribution is -0.137. The number of aliphatic imine (C=N–C) groups is 1. The second-order valence-electron chi connectivity index (χ2n) is 8.51. The molecule has 8 heteroatoms. The third kappa shape index (κ3) is 5.30. The normalized spacial score (nSPS) is 31.1. The van der Waals surface area contributed by atoms with Gasteiger partial charge in [-0.3, -0.25) is 14.7 Å². The van der Waals surface area contributed by atoms with Crippen molar-refractivity contribution >= 4 is 35.8 Å². The van der Waals surface area contributed by atoms with Crippen molar-refractivity contribution < 1.29 is 9.53 Å². The van der Waals surface area contributed by atoms with E-state index in [4.69, 9.17) is 4.74 Å². The molecule has 0 spiro atoms. The lowest BCUT2D eigenvalue weighted by Crippen LogP contribution is -2.52. The third-order valence-electron chi connectivity index (χ3n) is 6.76. The van der Waals surface area contributed by atoms with E-state index in [9.17, 15) is 4.79 Å². The van der Waals surface area contributed by atoms with Crippen LogP contribution in [0.25, 0.3) is 0 Å². The number of piperazine rings is 1. The predicted octanol–water partition coefficient (Wildman–Crippen LogP) is 1.42. The summed E-state index contributed by atoms with van der Waals surface area (Å²) in [6, 6.07) is 0.403. The van der Waals surface area contributed by atoms with E-state index >= 15 is 0 Å². The molecule has 3 heterocycles. The lowest BCUT2D eigenvalue weighted by atomic mass is 9.96. The van der Waals surface area contributed by atoms with Crippen LogP contribution in [0.1, 0.15) is 44.9 Å². The van der Waals surface area contributed by atoms with Crippen LogP contribution in [0.5, 0.6) is 0 Å². The number of nitrogens with one attached hydrogen (secondary N) is 2. The van der Waals surface area contributed by atoms with Crippen LogP contribution in [0.2, 0.25) is 0 Å². The number of hydrogen-bond donors (Lipinski definition) is 2. The first-order valence-corrected chi connectivity index (χ1v) is 10.9. The first-order valence-electron chi connectivity index (χ1n) is 10.9. The van der Waals surface area contributed by atoms with Gasteiger partial charge in [0.1, 0.15) is 0 Å². The van der Waals surface area contributed by atoms with E-state index in [2.05, 4.69) is 25.4 Å². The highest BCUT2D eigenvalue weighted by atomic mass is 127. The molecule has 0 aromatic carbocycles. The Morgan fingerprint density at radius 3 is 2.46 bits per heavy atom. The minimum atomic E-state index is 0. The molecular weight excluding hydrogens is 469 g/mol. The van der Waals surface area contributed by atoms with Gasteiger partial charge in [0.15, 0.2) is 5.96 Å². The summed E-state index contributed by atoms with van der Waals surface area (Å²) in [7, 11) is 1.83. The molecule has 160 valence electrons. The Balaban J connectivity index is 0.00000225. The number of halogens is 1. The number of carbonyl (C=O) groups is 1. The Hall–Kier alpha value is -0.610. The maximum atomic E-state index is 12.5. The number of ether oxygens (including phenoxy) is 1. The topological polar surface area (TPSA) is 69.2 Å². The van der Waals surface area contributed by atoms with E-state index in [0.717, 1.165) is 64.5 Å². The zero-order chi connectivity index (χ0) is 18.6. The standard InChI is InChI=1S/C20H35N5O2.HI/c1-21-20(23-17-14-16-6-7-18(17)27-16)22-8-9-24-10-12-25(13-11-24)19(26)15-4-2-3-5-15;/h15-18H,2-14H2,1H3,(H2,21,22,23);1H. The molecule has 4 rings (SSSR count). The summed E-state index contributed by atoms with van der Waals surface area (Å²) in [5.41, 5.74) is 0. The van der Waals surface area contributed by atoms with Crippen molar-refractivity contribution in [1.29, 1.82) is 0 Å². The van der Waals surface area contributed by atoms with E-state index in [-0.39, 0.29) is 24.0 Å². The van der Waals surface area contributed by atoms with Gasteiger partial charge in [-0.2, -0.15) is 0 Å². The maximum Gasteiger partial charge on any atom is 0.225 e. The van der Waals surface area contributed by atoms with Crippen LogP contribution in [-0.2, 0) is 9.53 Å². The Bertz CT molecular complexity index is 547. The average molecular weight is 505 g/mol. The van der Waals surface area contributed by atoms with E-state index in [1.165, 1.54) is 25.7 Å². The molecule has 28 heavy (non-hydrogen) atoms. The van der Waals surface area contributed by atoms with Crippen LogP contribution in [0, 0.1) is 5.92 Å². The van der Waals surface area contributed by atoms with Gasteiger partial charge in [-0.15, -0.1) is 24.0 Å². The first kappa shape index (κ1) is 22.1. The van der Waals surface area contributed by atoms with Crippen molar-refractivity contribution in [1.82, 2.24) is 20.4 Å². The summed E-state index contributed by atoms with van der Waals surface area (Å²) in [4.78, 5) is 21.4. The summed E-state index contributed by atoms with van der Waals surface area (Å²) < 4.78 is 5.91. The Labute approximate surface area is 186 Å². The molecule has 1 amide bonds. The second kappa shape index (κ2) is 10.4. The second-order valence-corrected chi connectivity index (χ2v) is 8.51. The minimum absolute atomic E-state index is 0. The van der Waals surface area contributed by atoms with Crippen molar-refractivity contribution in [3.8, 4) is 0 Å². The zero-order valence-corrected chi connectivity index (χ0v) is 19.4. The molecule has 4 aliphatic rings. The Morgan fingerprint density at radius 1 is 1.11 bits per heavy atom. The monoisotopic (exact) mass is 505 g/mol. The molecule has 2 N–H and O–H groups in total. The molecule has 2 bridgehead atoms. The fourth-order valence-electron chi connectivity index (χ4n) is 5.12. The van der Waals surface area contributed by atoms with Crippen molar-refractivity contribution in [2.24, 2.45) is 10.9 Å². The summed E-state index contributed by atoms with van der Waals surface area (Å²) >= 11 is 0. The largest absolute Gasteiger partial charge is 0.373 e. The lowest BCUT2D eigenvalue weighted by Gasteiger charge is -2.36. The van der Waals surface area contributed by atoms with E-state index in [0.29, 0.717) is 30.1 Å². The van der Waals surface area contributed by atoms with Crippen molar-refractivity contribution in [2.75, 3.05) is 46.3 Å². The molecule has 3 unspecified atom stereocenters. The van der Waals surface area contributed by atoms with Crippen molar-refractivity contribution in [3.05, 3.63) is 0 Å². The van der Waals surface area contributed by atoms with Crippen molar-refractivity contribution in [3.63, 3.8) is 0 Å². The first-order chi connectivity index (χ1) is 13.2. The minimum Gasteiger partial charge on any atom is -0.373 e. The molecule has 3 aliphatic heterocycles. The number of amides is 1. The average Bonchev–Trinajstić information content (AvgIpc) is 3.45. The van der Waals surface area contributed by atoms with Gasteiger partial charge in [0, 0.05) is 52.2 Å². The van der Waals surface area contributed by atoms with Crippen LogP contribution in [0.3, 0.4) is 0 Å². The number of fused-ring (bicyclic) bond motifs is 2. The number of carbonyl (C=O) groups excluding carboxylic acids is 1. The summed E-state index contributed by atoms with van der Waals surface area (Å²) in [6.45, 7) is 5.58. The highest BCUT2D eigenvalue weighted by Gasteiger charge is 2.41. The van der Waals surface area contributed by atoms with Gasteiger partial charge < -0.3 is 20.3 Å². The number of rotatable bonds is 5. The summed E-state index contributed by atoms with van der Waals surface area (Å²) in [5, 5.41) is 6.97. The molecule has 4 fully saturated rings. The van der Waals surface area contributed by atoms with Crippen LogP contribution >= 0.6 is 24.0 Å². The fourth-order valence-corrected chi connectivity index (χ4v) is 5.12. The van der Waals surface area contributed by atoms with Crippen LogP contribution in [0.4, 0.5) is 0 Å². The molecule has 1 aliphatic carbocycles. The van der Waals surface area contributed by atoms with E-state index < -0.39 is 0 Å². The van der Waals surface area contributed by atoms with Gasteiger partial charge in [0.05, 0.1) is 18.2 Å². The summed E-state index contributed by atoms with van der Waals surface area (Å²) in [6.07, 6.45) is 8.95.